The number of thioether (sulfide) groups is 1. The number of nitrogens with zero attached hydrogens (tertiary/aromatic N) is 4. The summed E-state index contributed by atoms with van der Waals surface area (Å²) in [6.07, 6.45) is 2.21. The lowest BCUT2D eigenvalue weighted by molar-refractivity contribution is 0.311. The van der Waals surface area contributed by atoms with Crippen molar-refractivity contribution in [2.75, 3.05) is 49.3 Å². The normalized spacial score (nSPS) is 20.2. The van der Waals surface area contributed by atoms with Crippen LogP contribution in [0.25, 0.3) is 0 Å². The molecule has 0 unspecified atom stereocenters. The van der Waals surface area contributed by atoms with Crippen molar-refractivity contribution < 1.29 is 0 Å². The molecule has 1 aromatic heterocycles. The van der Waals surface area contributed by atoms with Crippen molar-refractivity contribution in [2.45, 2.75) is 17.7 Å². The van der Waals surface area contributed by atoms with Crippen LogP contribution >= 0.6 is 11.8 Å². The predicted octanol–water partition coefficient (Wildman–Crippen LogP) is 0.552. The van der Waals surface area contributed by atoms with Crippen molar-refractivity contribution in [3.8, 4) is 0 Å². The molecular formula is C12H20N6S. The lowest BCUT2D eigenvalue weighted by Crippen LogP contribution is -2.45. The molecule has 3 heterocycles. The number of anilines is 2. The van der Waals surface area contributed by atoms with E-state index in [-0.39, 0.29) is 0 Å². The fourth-order valence-electron chi connectivity index (χ4n) is 2.51. The van der Waals surface area contributed by atoms with E-state index < -0.39 is 0 Å². The standard InChI is InChI=1S/C12H20N6S/c1-17-4-6-18(7-5-17)11-10-9(3-2-8-19-10)14-12(15-11)16-13/h2-8,13H2,1H3,(H,14,15,16). The number of likely N-dealkylation sites (N-methyl/N-ethyl adjacent to an activating group) is 1. The van der Waals surface area contributed by atoms with Crippen LogP contribution < -0.4 is 16.2 Å². The van der Waals surface area contributed by atoms with Crippen molar-refractivity contribution in [1.29, 1.82) is 0 Å². The average Bonchev–Trinajstić information content (AvgIpc) is 2.47. The van der Waals surface area contributed by atoms with E-state index in [1.54, 1.807) is 0 Å². The molecule has 1 saturated heterocycles. The maximum atomic E-state index is 5.49. The number of nitrogen functional groups attached to an aromatic ring is 1. The van der Waals surface area contributed by atoms with Crippen LogP contribution in [0.15, 0.2) is 4.90 Å². The van der Waals surface area contributed by atoms with Crippen LogP contribution in [0.3, 0.4) is 0 Å². The monoisotopic (exact) mass is 280 g/mol. The maximum absolute atomic E-state index is 5.49. The van der Waals surface area contributed by atoms with E-state index in [1.165, 1.54) is 11.3 Å². The first kappa shape index (κ1) is 13.0. The second-order valence-electron chi connectivity index (χ2n) is 5.03. The van der Waals surface area contributed by atoms with Gasteiger partial charge in [0.05, 0.1) is 10.6 Å². The van der Waals surface area contributed by atoms with Crippen molar-refractivity contribution in [3.63, 3.8) is 0 Å². The van der Waals surface area contributed by atoms with Crippen LogP contribution in [0.1, 0.15) is 12.1 Å². The molecule has 3 N–H and O–H groups in total. The Bertz CT molecular complexity index is 458. The van der Waals surface area contributed by atoms with Crippen LogP contribution in [0.4, 0.5) is 11.8 Å². The van der Waals surface area contributed by atoms with E-state index >= 15 is 0 Å². The molecular weight excluding hydrogens is 260 g/mol. The van der Waals surface area contributed by atoms with Gasteiger partial charge in [-0.15, -0.1) is 11.8 Å². The van der Waals surface area contributed by atoms with E-state index in [9.17, 15) is 0 Å². The fourth-order valence-corrected chi connectivity index (χ4v) is 3.62. The molecule has 0 aliphatic carbocycles. The van der Waals surface area contributed by atoms with Gasteiger partial charge in [0.25, 0.3) is 0 Å². The van der Waals surface area contributed by atoms with Crippen LogP contribution in [-0.2, 0) is 6.42 Å². The van der Waals surface area contributed by atoms with Crippen molar-refractivity contribution in [3.05, 3.63) is 5.69 Å². The number of nitrogens with one attached hydrogen (secondary N) is 1. The van der Waals surface area contributed by atoms with Gasteiger partial charge in [0.1, 0.15) is 5.82 Å². The third-order valence-corrected chi connectivity index (χ3v) is 4.85. The Morgan fingerprint density at radius 2 is 2.00 bits per heavy atom. The van der Waals surface area contributed by atoms with E-state index in [0.29, 0.717) is 5.95 Å². The molecule has 104 valence electrons. The molecule has 0 spiro atoms. The molecule has 0 bridgehead atoms. The number of aryl methyl sites for hydroxylation is 1. The Morgan fingerprint density at radius 3 is 2.74 bits per heavy atom. The Hall–Kier alpha value is -1.05. The first-order valence-electron chi connectivity index (χ1n) is 6.72. The molecule has 2 aliphatic heterocycles. The molecule has 0 saturated carbocycles. The SMILES string of the molecule is CN1CCN(c2nc(NN)nc3c2SCCC3)CC1. The van der Waals surface area contributed by atoms with Crippen molar-refractivity contribution in [1.82, 2.24) is 14.9 Å². The fraction of sp³-hybridized carbons (Fsp3) is 0.667. The smallest absolute Gasteiger partial charge is 0.239 e. The molecule has 1 fully saturated rings. The second-order valence-corrected chi connectivity index (χ2v) is 6.14. The highest BCUT2D eigenvalue weighted by atomic mass is 32.2. The zero-order valence-corrected chi connectivity index (χ0v) is 12.0. The van der Waals surface area contributed by atoms with Gasteiger partial charge in [-0.1, -0.05) is 0 Å². The minimum Gasteiger partial charge on any atom is -0.353 e. The molecule has 2 aliphatic rings. The molecule has 0 atom stereocenters. The largest absolute Gasteiger partial charge is 0.353 e. The number of hydrazine groups is 1. The van der Waals surface area contributed by atoms with Gasteiger partial charge in [-0.25, -0.2) is 10.8 Å². The summed E-state index contributed by atoms with van der Waals surface area (Å²) in [4.78, 5) is 15.1. The molecule has 0 aromatic carbocycles. The third kappa shape index (κ3) is 2.63. The minimum atomic E-state index is 0.537. The zero-order chi connectivity index (χ0) is 13.2. The minimum absolute atomic E-state index is 0.537. The first-order valence-corrected chi connectivity index (χ1v) is 7.70. The van der Waals surface area contributed by atoms with Gasteiger partial charge in [0.2, 0.25) is 5.95 Å². The molecule has 0 radical (unpaired) electrons. The lowest BCUT2D eigenvalue weighted by Gasteiger charge is -2.35. The molecule has 0 amide bonds. The number of hydrogen-bond acceptors (Lipinski definition) is 7. The lowest BCUT2D eigenvalue weighted by atomic mass is 10.2. The number of piperazine rings is 1. The second kappa shape index (κ2) is 5.52. The number of fused-ring (bicyclic) bond motifs is 1. The Kier molecular flexibility index (Phi) is 3.76. The maximum Gasteiger partial charge on any atom is 0.239 e. The van der Waals surface area contributed by atoms with Crippen molar-refractivity contribution >= 4 is 23.5 Å². The topological polar surface area (TPSA) is 70.3 Å². The summed E-state index contributed by atoms with van der Waals surface area (Å²) in [5.41, 5.74) is 3.74. The highest BCUT2D eigenvalue weighted by Crippen LogP contribution is 2.36. The number of hydrogen-bond donors (Lipinski definition) is 2. The summed E-state index contributed by atoms with van der Waals surface area (Å²) >= 11 is 1.88. The molecule has 1 aromatic rings. The summed E-state index contributed by atoms with van der Waals surface area (Å²) in [6.45, 7) is 4.19. The van der Waals surface area contributed by atoms with E-state index in [4.69, 9.17) is 5.84 Å². The summed E-state index contributed by atoms with van der Waals surface area (Å²) in [5, 5.41) is 0. The van der Waals surface area contributed by atoms with E-state index in [1.807, 2.05) is 11.8 Å². The van der Waals surface area contributed by atoms with Gasteiger partial charge < -0.3 is 9.80 Å². The van der Waals surface area contributed by atoms with Gasteiger partial charge >= 0.3 is 0 Å². The number of nitrogens with two attached hydrogens (primary N) is 1. The highest BCUT2D eigenvalue weighted by molar-refractivity contribution is 7.99. The summed E-state index contributed by atoms with van der Waals surface area (Å²) in [6, 6.07) is 0. The summed E-state index contributed by atoms with van der Waals surface area (Å²) < 4.78 is 0. The van der Waals surface area contributed by atoms with Gasteiger partial charge in [0.15, 0.2) is 0 Å². The molecule has 7 heteroatoms. The molecule has 6 nitrogen and oxygen atoms in total. The zero-order valence-electron chi connectivity index (χ0n) is 11.2. The van der Waals surface area contributed by atoms with Crippen LogP contribution in [-0.4, -0.2) is 53.8 Å². The quantitative estimate of drug-likeness (QED) is 0.605. The van der Waals surface area contributed by atoms with Crippen LogP contribution in [0.5, 0.6) is 0 Å². The van der Waals surface area contributed by atoms with Gasteiger partial charge in [0, 0.05) is 26.2 Å². The van der Waals surface area contributed by atoms with E-state index in [2.05, 4.69) is 32.2 Å². The number of rotatable bonds is 2. The third-order valence-electron chi connectivity index (χ3n) is 3.65. The van der Waals surface area contributed by atoms with Crippen LogP contribution in [0, 0.1) is 0 Å². The number of aromatic nitrogens is 2. The average molecular weight is 280 g/mol. The summed E-state index contributed by atoms with van der Waals surface area (Å²) in [7, 11) is 2.16. The highest BCUT2D eigenvalue weighted by Gasteiger charge is 2.24. The van der Waals surface area contributed by atoms with Crippen molar-refractivity contribution in [2.24, 2.45) is 5.84 Å². The Morgan fingerprint density at radius 1 is 1.21 bits per heavy atom. The Balaban J connectivity index is 1.94. The Labute approximate surface area is 117 Å². The van der Waals surface area contributed by atoms with Gasteiger partial charge in [-0.2, -0.15) is 4.98 Å². The van der Waals surface area contributed by atoms with Crippen LogP contribution in [0.2, 0.25) is 0 Å². The molecule has 3 rings (SSSR count). The summed E-state index contributed by atoms with van der Waals surface area (Å²) in [5.74, 6) is 8.26. The van der Waals surface area contributed by atoms with E-state index in [0.717, 1.165) is 49.9 Å². The first-order chi connectivity index (χ1) is 9.28. The molecule has 19 heavy (non-hydrogen) atoms. The van der Waals surface area contributed by atoms with Gasteiger partial charge in [-0.05, 0) is 25.6 Å². The van der Waals surface area contributed by atoms with Gasteiger partial charge in [-0.3, -0.25) is 5.43 Å². The predicted molar refractivity (Wildman–Crippen MR) is 78.6 cm³/mol.